The molecule has 0 aliphatic carbocycles. The molecule has 0 bridgehead atoms. The Kier molecular flexibility index (Phi) is 4.41. The number of benzene rings is 1. The van der Waals surface area contributed by atoms with Gasteiger partial charge in [-0.2, -0.15) is 0 Å². The zero-order chi connectivity index (χ0) is 18.1. The molecule has 0 atom stereocenters. The van der Waals surface area contributed by atoms with Crippen molar-refractivity contribution < 1.29 is 9.90 Å². The molecule has 0 fully saturated rings. The molecule has 0 aliphatic rings. The van der Waals surface area contributed by atoms with E-state index in [1.165, 1.54) is 18.7 Å². The number of hydrogen-bond donors (Lipinski definition) is 1. The quantitative estimate of drug-likeness (QED) is 0.545. The fraction of sp³-hybridized carbons (Fsp3) is 0.188. The maximum Gasteiger partial charge on any atom is 0.332 e. The molecule has 0 radical (unpaired) electrons. The molecule has 3 rings (SSSR count). The highest BCUT2D eigenvalue weighted by Crippen LogP contribution is 2.25. The van der Waals surface area contributed by atoms with E-state index in [-0.39, 0.29) is 21.8 Å². The number of hydrogen-bond acceptors (Lipinski definition) is 6. The van der Waals surface area contributed by atoms with Crippen LogP contribution in [-0.4, -0.2) is 35.9 Å². The van der Waals surface area contributed by atoms with Gasteiger partial charge in [-0.05, 0) is 0 Å². The van der Waals surface area contributed by atoms with Gasteiger partial charge in [-0.3, -0.25) is 18.7 Å². The van der Waals surface area contributed by atoms with Crippen molar-refractivity contribution in [1.82, 2.24) is 19.1 Å². The largest absolute Gasteiger partial charge is 0.481 e. The molecule has 8 nitrogen and oxygen atoms in total. The van der Waals surface area contributed by atoms with Crippen LogP contribution in [0.15, 0.2) is 44.9 Å². The number of aromatic nitrogens is 4. The van der Waals surface area contributed by atoms with Crippen molar-refractivity contribution in [1.29, 1.82) is 0 Å². The van der Waals surface area contributed by atoms with Gasteiger partial charge in [0.05, 0.1) is 5.75 Å². The molecule has 3 aromatic rings. The topological polar surface area (TPSA) is 107 Å². The van der Waals surface area contributed by atoms with Gasteiger partial charge in [0, 0.05) is 19.7 Å². The van der Waals surface area contributed by atoms with Crippen molar-refractivity contribution >= 4 is 28.8 Å². The lowest BCUT2D eigenvalue weighted by Gasteiger charge is -2.11. The predicted octanol–water partition coefficient (Wildman–Crippen LogP) is 0.871. The average Bonchev–Trinajstić information content (AvgIpc) is 2.62. The summed E-state index contributed by atoms with van der Waals surface area (Å²) < 4.78 is 2.22. The van der Waals surface area contributed by atoms with Gasteiger partial charge in [0.25, 0.3) is 5.56 Å². The van der Waals surface area contributed by atoms with E-state index in [2.05, 4.69) is 9.97 Å². The first-order valence-electron chi connectivity index (χ1n) is 7.28. The van der Waals surface area contributed by atoms with Crippen LogP contribution in [-0.2, 0) is 18.9 Å². The van der Waals surface area contributed by atoms with E-state index in [1.807, 2.05) is 18.2 Å². The lowest BCUT2D eigenvalue weighted by Crippen LogP contribution is -2.37. The fourth-order valence-electron chi connectivity index (χ4n) is 2.38. The standard InChI is InChI=1S/C16H14N4O4S/c1-19-13-11(15(23)20(2)16(19)24)14(25-8-10(21)22)18-12(17-13)9-6-4-3-5-7-9/h3-7H,8H2,1-2H3,(H,21,22). The van der Waals surface area contributed by atoms with Gasteiger partial charge in [-0.1, -0.05) is 42.1 Å². The number of carbonyl (C=O) groups is 1. The molecule has 128 valence electrons. The highest BCUT2D eigenvalue weighted by Gasteiger charge is 2.18. The van der Waals surface area contributed by atoms with Gasteiger partial charge in [0.1, 0.15) is 10.4 Å². The van der Waals surface area contributed by atoms with E-state index < -0.39 is 17.2 Å². The number of nitrogens with zero attached hydrogens (tertiary/aromatic N) is 4. The van der Waals surface area contributed by atoms with Gasteiger partial charge in [-0.25, -0.2) is 14.8 Å². The van der Waals surface area contributed by atoms with Crippen LogP contribution < -0.4 is 11.2 Å². The Morgan fingerprint density at radius 2 is 1.80 bits per heavy atom. The first-order valence-corrected chi connectivity index (χ1v) is 8.26. The smallest absolute Gasteiger partial charge is 0.332 e. The molecule has 1 aromatic carbocycles. The summed E-state index contributed by atoms with van der Waals surface area (Å²) in [6.07, 6.45) is 0. The SMILES string of the molecule is Cn1c(=O)c2c(SCC(=O)O)nc(-c3ccccc3)nc2n(C)c1=O. The van der Waals surface area contributed by atoms with Crippen LogP contribution in [0.3, 0.4) is 0 Å². The lowest BCUT2D eigenvalue weighted by molar-refractivity contribution is -0.133. The monoisotopic (exact) mass is 358 g/mol. The molecule has 2 heterocycles. The average molecular weight is 358 g/mol. The van der Waals surface area contributed by atoms with E-state index >= 15 is 0 Å². The number of aliphatic carboxylic acids is 1. The zero-order valence-corrected chi connectivity index (χ0v) is 14.3. The van der Waals surface area contributed by atoms with Crippen LogP contribution in [0.4, 0.5) is 0 Å². The highest BCUT2D eigenvalue weighted by molar-refractivity contribution is 8.00. The predicted molar refractivity (Wildman–Crippen MR) is 93.8 cm³/mol. The van der Waals surface area contributed by atoms with Crippen molar-refractivity contribution in [2.24, 2.45) is 14.1 Å². The van der Waals surface area contributed by atoms with E-state index in [9.17, 15) is 14.4 Å². The van der Waals surface area contributed by atoms with Crippen LogP contribution in [0.25, 0.3) is 22.4 Å². The second-order valence-electron chi connectivity index (χ2n) is 5.31. The minimum Gasteiger partial charge on any atom is -0.481 e. The van der Waals surface area contributed by atoms with Crippen molar-refractivity contribution in [2.45, 2.75) is 5.03 Å². The van der Waals surface area contributed by atoms with Crippen molar-refractivity contribution in [3.8, 4) is 11.4 Å². The molecule has 0 aliphatic heterocycles. The minimum atomic E-state index is -1.03. The maximum absolute atomic E-state index is 12.5. The fourth-order valence-corrected chi connectivity index (χ4v) is 3.11. The van der Waals surface area contributed by atoms with Gasteiger partial charge >= 0.3 is 11.7 Å². The van der Waals surface area contributed by atoms with Crippen molar-refractivity contribution in [3.63, 3.8) is 0 Å². The van der Waals surface area contributed by atoms with Crippen molar-refractivity contribution in [2.75, 3.05) is 5.75 Å². The summed E-state index contributed by atoms with van der Waals surface area (Å²) in [5.41, 5.74) is -0.181. The van der Waals surface area contributed by atoms with Gasteiger partial charge in [0.15, 0.2) is 11.5 Å². The molecular formula is C16H14N4O4S. The Balaban J connectivity index is 2.38. The molecule has 0 spiro atoms. The third-order valence-electron chi connectivity index (χ3n) is 3.63. The zero-order valence-electron chi connectivity index (χ0n) is 13.5. The molecule has 0 saturated heterocycles. The normalized spacial score (nSPS) is 11.0. The first-order chi connectivity index (χ1) is 11.9. The molecule has 2 aromatic heterocycles. The molecular weight excluding hydrogens is 344 g/mol. The number of fused-ring (bicyclic) bond motifs is 1. The summed E-state index contributed by atoms with van der Waals surface area (Å²) in [5.74, 6) is -0.962. The van der Waals surface area contributed by atoms with Crippen LogP contribution in [0.2, 0.25) is 0 Å². The van der Waals surface area contributed by atoms with E-state index in [0.29, 0.717) is 11.4 Å². The molecule has 0 saturated carbocycles. The molecule has 0 unspecified atom stereocenters. The first kappa shape index (κ1) is 16.9. The summed E-state index contributed by atoms with van der Waals surface area (Å²) in [7, 11) is 2.87. The van der Waals surface area contributed by atoms with Gasteiger partial charge in [-0.15, -0.1) is 0 Å². The summed E-state index contributed by atoms with van der Waals surface area (Å²) in [6, 6.07) is 9.07. The third kappa shape index (κ3) is 3.05. The molecule has 1 N–H and O–H groups in total. The Labute approximate surface area is 145 Å². The second-order valence-corrected chi connectivity index (χ2v) is 6.27. The van der Waals surface area contributed by atoms with Crippen LogP contribution >= 0.6 is 11.8 Å². The van der Waals surface area contributed by atoms with E-state index in [0.717, 1.165) is 16.3 Å². The number of carboxylic acids is 1. The highest BCUT2D eigenvalue weighted by atomic mass is 32.2. The summed E-state index contributed by atoms with van der Waals surface area (Å²) >= 11 is 0.925. The number of aryl methyl sites for hydroxylation is 1. The van der Waals surface area contributed by atoms with E-state index in [1.54, 1.807) is 12.1 Å². The number of thioether (sulfide) groups is 1. The summed E-state index contributed by atoms with van der Waals surface area (Å²) in [6.45, 7) is 0. The van der Waals surface area contributed by atoms with Gasteiger partial charge in [0.2, 0.25) is 0 Å². The number of carboxylic acid groups (broad SMARTS) is 1. The summed E-state index contributed by atoms with van der Waals surface area (Å²) in [5, 5.41) is 9.33. The summed E-state index contributed by atoms with van der Waals surface area (Å²) in [4.78, 5) is 44.4. The van der Waals surface area contributed by atoms with E-state index in [4.69, 9.17) is 5.11 Å². The molecule has 0 amide bonds. The van der Waals surface area contributed by atoms with Gasteiger partial charge < -0.3 is 5.11 Å². The Morgan fingerprint density at radius 3 is 2.44 bits per heavy atom. The lowest BCUT2D eigenvalue weighted by atomic mass is 10.2. The minimum absolute atomic E-state index is 0.135. The van der Waals surface area contributed by atoms with Crippen LogP contribution in [0.1, 0.15) is 0 Å². The Morgan fingerprint density at radius 1 is 1.12 bits per heavy atom. The third-order valence-corrected chi connectivity index (χ3v) is 4.59. The molecule has 9 heteroatoms. The second kappa shape index (κ2) is 6.52. The van der Waals surface area contributed by atoms with Crippen molar-refractivity contribution in [3.05, 3.63) is 51.2 Å². The Hall–Kier alpha value is -2.94. The van der Waals surface area contributed by atoms with Crippen LogP contribution in [0.5, 0.6) is 0 Å². The van der Waals surface area contributed by atoms with Crippen LogP contribution in [0, 0.1) is 0 Å². The molecule has 25 heavy (non-hydrogen) atoms. The Bertz CT molecular complexity index is 1090. The number of rotatable bonds is 4. The maximum atomic E-state index is 12.5.